The number of hydrogen-bond acceptors (Lipinski definition) is 1. The van der Waals surface area contributed by atoms with E-state index in [9.17, 15) is 4.39 Å². The molecule has 0 radical (unpaired) electrons. The van der Waals surface area contributed by atoms with Gasteiger partial charge in [0.05, 0.1) is 5.83 Å². The average molecular weight is 157 g/mol. The van der Waals surface area contributed by atoms with Gasteiger partial charge < -0.3 is 0 Å². The summed E-state index contributed by atoms with van der Waals surface area (Å²) in [6.07, 6.45) is 0. The molecule has 1 rings (SSSR count). The number of allylic oxidation sites excluding steroid dienone is 1. The van der Waals surface area contributed by atoms with Crippen LogP contribution in [0.5, 0.6) is 0 Å². The van der Waals surface area contributed by atoms with Crippen LogP contribution in [0.25, 0.3) is 0 Å². The summed E-state index contributed by atoms with van der Waals surface area (Å²) in [5, 5.41) is 0. The quantitative estimate of drug-likeness (QED) is 0.521. The van der Waals surface area contributed by atoms with Gasteiger partial charge in [-0.25, -0.2) is 4.39 Å². The van der Waals surface area contributed by atoms with Crippen LogP contribution in [0, 0.1) is 0 Å². The Morgan fingerprint density at radius 2 is 1.82 bits per heavy atom. The fourth-order valence-corrected chi connectivity index (χ4v) is 1.11. The van der Waals surface area contributed by atoms with E-state index in [0.29, 0.717) is 0 Å². The Morgan fingerprint density at radius 3 is 2.09 bits per heavy atom. The molecule has 1 fully saturated rings. The van der Waals surface area contributed by atoms with E-state index < -0.39 is 0 Å². The van der Waals surface area contributed by atoms with Crippen molar-refractivity contribution in [2.75, 3.05) is 13.1 Å². The minimum Gasteiger partial charge on any atom is -0.290 e. The molecule has 0 aromatic heterocycles. The minimum absolute atomic E-state index is 0.00509. The van der Waals surface area contributed by atoms with E-state index >= 15 is 0 Å². The van der Waals surface area contributed by atoms with Crippen molar-refractivity contribution in [1.29, 1.82) is 0 Å². The van der Waals surface area contributed by atoms with E-state index in [-0.39, 0.29) is 11.4 Å². The largest absolute Gasteiger partial charge is 0.290 e. The first-order valence-electron chi connectivity index (χ1n) is 4.00. The van der Waals surface area contributed by atoms with Crippen LogP contribution in [-0.4, -0.2) is 23.5 Å². The summed E-state index contributed by atoms with van der Waals surface area (Å²) in [4.78, 5) is 2.26. The Kier molecular flexibility index (Phi) is 2.06. The molecule has 1 aliphatic rings. The molecule has 0 amide bonds. The Bertz CT molecular complexity index is 176. The van der Waals surface area contributed by atoms with Gasteiger partial charge in [-0.1, -0.05) is 0 Å². The lowest BCUT2D eigenvalue weighted by atomic mass is 9.97. The van der Waals surface area contributed by atoms with Gasteiger partial charge in [-0.15, -0.1) is 0 Å². The molecule has 11 heavy (non-hydrogen) atoms. The van der Waals surface area contributed by atoms with Crippen molar-refractivity contribution in [3.63, 3.8) is 0 Å². The fourth-order valence-electron chi connectivity index (χ4n) is 1.11. The summed E-state index contributed by atoms with van der Waals surface area (Å²) in [7, 11) is 0. The monoisotopic (exact) mass is 157 g/mol. The third-order valence-corrected chi connectivity index (χ3v) is 2.20. The number of rotatable bonds is 0. The van der Waals surface area contributed by atoms with Crippen LogP contribution >= 0.6 is 0 Å². The molecule has 1 nitrogen and oxygen atoms in total. The standard InChI is InChI=1S/C9H16FN/c1-7(10)8-5-11(6-8)9(2,3)4/h5-6H2,1-4H3. The normalized spacial score (nSPS) is 19.9. The second-order valence-corrected chi connectivity index (χ2v) is 4.16. The Balaban J connectivity index is 2.48. The fraction of sp³-hybridized carbons (Fsp3) is 0.778. The zero-order valence-corrected chi connectivity index (χ0v) is 7.74. The van der Waals surface area contributed by atoms with Crippen LogP contribution in [0.3, 0.4) is 0 Å². The van der Waals surface area contributed by atoms with E-state index in [0.717, 1.165) is 18.7 Å². The van der Waals surface area contributed by atoms with Gasteiger partial charge in [0.25, 0.3) is 0 Å². The molecule has 0 aliphatic carbocycles. The maximum absolute atomic E-state index is 12.6. The lowest BCUT2D eigenvalue weighted by Gasteiger charge is -2.44. The van der Waals surface area contributed by atoms with Crippen LogP contribution in [0.4, 0.5) is 4.39 Å². The highest BCUT2D eigenvalue weighted by atomic mass is 19.1. The van der Waals surface area contributed by atoms with Gasteiger partial charge in [-0.2, -0.15) is 0 Å². The maximum atomic E-state index is 12.6. The van der Waals surface area contributed by atoms with E-state index in [2.05, 4.69) is 25.7 Å². The summed E-state index contributed by atoms with van der Waals surface area (Å²) in [5.41, 5.74) is 1.15. The molecule has 64 valence electrons. The number of halogens is 1. The van der Waals surface area contributed by atoms with Gasteiger partial charge in [0, 0.05) is 18.6 Å². The smallest absolute Gasteiger partial charge is 0.0986 e. The van der Waals surface area contributed by atoms with Crippen molar-refractivity contribution in [2.45, 2.75) is 33.2 Å². The number of nitrogens with zero attached hydrogens (tertiary/aromatic N) is 1. The molecular weight excluding hydrogens is 141 g/mol. The molecule has 1 saturated heterocycles. The zero-order valence-electron chi connectivity index (χ0n) is 7.74. The molecule has 0 bridgehead atoms. The molecular formula is C9H16FN. The van der Waals surface area contributed by atoms with Crippen LogP contribution < -0.4 is 0 Å². The predicted octanol–water partition coefficient (Wildman–Crippen LogP) is 2.34. The van der Waals surface area contributed by atoms with E-state index in [4.69, 9.17) is 0 Å². The maximum Gasteiger partial charge on any atom is 0.0986 e. The molecule has 0 saturated carbocycles. The van der Waals surface area contributed by atoms with Crippen LogP contribution in [0.1, 0.15) is 27.7 Å². The lowest BCUT2D eigenvalue weighted by molar-refractivity contribution is 0.112. The Hall–Kier alpha value is -0.370. The van der Waals surface area contributed by atoms with Crippen molar-refractivity contribution < 1.29 is 4.39 Å². The molecule has 0 unspecified atom stereocenters. The number of hydrogen-bond donors (Lipinski definition) is 0. The van der Waals surface area contributed by atoms with E-state index in [1.165, 1.54) is 6.92 Å². The average Bonchev–Trinajstić information content (AvgIpc) is 1.51. The van der Waals surface area contributed by atoms with Gasteiger partial charge >= 0.3 is 0 Å². The second-order valence-electron chi connectivity index (χ2n) is 4.16. The van der Waals surface area contributed by atoms with Crippen molar-refractivity contribution in [1.82, 2.24) is 4.90 Å². The highest BCUT2D eigenvalue weighted by Gasteiger charge is 2.31. The zero-order chi connectivity index (χ0) is 8.65. The van der Waals surface area contributed by atoms with Gasteiger partial charge in [0.15, 0.2) is 0 Å². The third kappa shape index (κ3) is 1.80. The first kappa shape index (κ1) is 8.72. The van der Waals surface area contributed by atoms with Gasteiger partial charge in [0.1, 0.15) is 0 Å². The predicted molar refractivity (Wildman–Crippen MR) is 45.1 cm³/mol. The minimum atomic E-state index is 0.00509. The van der Waals surface area contributed by atoms with Crippen molar-refractivity contribution >= 4 is 0 Å². The molecule has 0 aromatic carbocycles. The van der Waals surface area contributed by atoms with Gasteiger partial charge in [0.2, 0.25) is 0 Å². The first-order chi connectivity index (χ1) is 4.91. The molecule has 2 heteroatoms. The van der Waals surface area contributed by atoms with Crippen LogP contribution in [0.15, 0.2) is 11.4 Å². The van der Waals surface area contributed by atoms with Crippen molar-refractivity contribution in [3.05, 3.63) is 11.4 Å². The molecule has 0 atom stereocenters. The number of likely N-dealkylation sites (tertiary alicyclic amines) is 1. The Morgan fingerprint density at radius 1 is 1.36 bits per heavy atom. The highest BCUT2D eigenvalue weighted by molar-refractivity contribution is 5.19. The van der Waals surface area contributed by atoms with Crippen molar-refractivity contribution in [2.24, 2.45) is 0 Å². The van der Waals surface area contributed by atoms with Crippen LogP contribution in [0.2, 0.25) is 0 Å². The summed E-state index contributed by atoms with van der Waals surface area (Å²) in [6.45, 7) is 9.61. The van der Waals surface area contributed by atoms with E-state index in [1.807, 2.05) is 0 Å². The highest BCUT2D eigenvalue weighted by Crippen LogP contribution is 2.26. The SMILES string of the molecule is CC(F)=C1CN(C(C)(C)C)C1. The molecule has 0 aromatic rings. The first-order valence-corrected chi connectivity index (χ1v) is 4.00. The van der Waals surface area contributed by atoms with Crippen molar-refractivity contribution in [3.8, 4) is 0 Å². The molecule has 1 heterocycles. The van der Waals surface area contributed by atoms with Crippen LogP contribution in [-0.2, 0) is 0 Å². The molecule has 1 aliphatic heterocycles. The van der Waals surface area contributed by atoms with E-state index in [1.54, 1.807) is 0 Å². The molecule has 0 N–H and O–H groups in total. The third-order valence-electron chi connectivity index (χ3n) is 2.20. The lowest BCUT2D eigenvalue weighted by Crippen LogP contribution is -2.51. The van der Waals surface area contributed by atoms with Gasteiger partial charge in [-0.05, 0) is 33.3 Å². The Labute approximate surface area is 67.9 Å². The van der Waals surface area contributed by atoms with Gasteiger partial charge in [-0.3, -0.25) is 4.90 Å². The summed E-state index contributed by atoms with van der Waals surface area (Å²) >= 11 is 0. The summed E-state index contributed by atoms with van der Waals surface area (Å²) in [6, 6.07) is 0. The molecule has 0 spiro atoms. The second kappa shape index (κ2) is 2.59. The topological polar surface area (TPSA) is 3.24 Å². The summed E-state index contributed by atoms with van der Waals surface area (Å²) in [5.74, 6) is 0.00509. The summed E-state index contributed by atoms with van der Waals surface area (Å²) < 4.78 is 12.6.